The number of carbonyl (C=O) groups excluding carboxylic acids is 1. The number of thioether (sulfide) groups is 1. The van der Waals surface area contributed by atoms with Gasteiger partial charge in [0.15, 0.2) is 10.9 Å². The van der Waals surface area contributed by atoms with Crippen molar-refractivity contribution in [2.45, 2.75) is 24.8 Å². The maximum atomic E-state index is 14.3. The van der Waals surface area contributed by atoms with Gasteiger partial charge in [0, 0.05) is 26.6 Å². The van der Waals surface area contributed by atoms with Gasteiger partial charge in [-0.3, -0.25) is 4.79 Å². The van der Waals surface area contributed by atoms with Crippen LogP contribution in [0.4, 0.5) is 10.1 Å². The summed E-state index contributed by atoms with van der Waals surface area (Å²) in [5.41, 5.74) is 3.00. The number of amides is 1. The summed E-state index contributed by atoms with van der Waals surface area (Å²) in [6.45, 7) is 3.79. The highest BCUT2D eigenvalue weighted by molar-refractivity contribution is 9.10. The van der Waals surface area contributed by atoms with Crippen LogP contribution in [0.2, 0.25) is 5.02 Å². The first-order valence-corrected chi connectivity index (χ1v) is 11.9. The van der Waals surface area contributed by atoms with Gasteiger partial charge in [-0.1, -0.05) is 44.5 Å². The van der Waals surface area contributed by atoms with Crippen LogP contribution < -0.4 is 5.32 Å². The Morgan fingerprint density at radius 2 is 1.82 bits per heavy atom. The first-order chi connectivity index (χ1) is 15.8. The van der Waals surface area contributed by atoms with Gasteiger partial charge in [-0.15, -0.1) is 5.10 Å². The van der Waals surface area contributed by atoms with Crippen molar-refractivity contribution in [1.29, 1.82) is 0 Å². The van der Waals surface area contributed by atoms with E-state index in [0.29, 0.717) is 31.8 Å². The molecule has 0 saturated carbocycles. The van der Waals surface area contributed by atoms with Crippen LogP contribution in [-0.4, -0.2) is 30.9 Å². The monoisotopic (exact) mass is 546 g/mol. The summed E-state index contributed by atoms with van der Waals surface area (Å²) in [7, 11) is 0. The van der Waals surface area contributed by atoms with Crippen LogP contribution in [0.3, 0.4) is 0 Å². The highest BCUT2D eigenvalue weighted by Gasteiger charge is 2.22. The lowest BCUT2D eigenvalue weighted by Crippen LogP contribution is -2.16. The predicted molar refractivity (Wildman–Crippen MR) is 129 cm³/mol. The Kier molecular flexibility index (Phi) is 7.06. The van der Waals surface area contributed by atoms with Crippen LogP contribution in [0.15, 0.2) is 58.2 Å². The van der Waals surface area contributed by atoms with Gasteiger partial charge in [0.1, 0.15) is 5.82 Å². The zero-order chi connectivity index (χ0) is 23.5. The lowest BCUT2D eigenvalue weighted by atomic mass is 10.2. The van der Waals surface area contributed by atoms with E-state index in [-0.39, 0.29) is 11.4 Å². The van der Waals surface area contributed by atoms with E-state index in [9.17, 15) is 9.18 Å². The molecule has 4 rings (SSSR count). The van der Waals surface area contributed by atoms with Crippen molar-refractivity contribution in [3.05, 3.63) is 86.6 Å². The Morgan fingerprint density at radius 3 is 2.48 bits per heavy atom. The maximum absolute atomic E-state index is 14.3. The summed E-state index contributed by atoms with van der Waals surface area (Å²) in [6.07, 6.45) is 0. The second-order valence-electron chi connectivity index (χ2n) is 7.07. The molecule has 0 aliphatic carbocycles. The van der Waals surface area contributed by atoms with Crippen LogP contribution >= 0.6 is 39.3 Å². The lowest BCUT2D eigenvalue weighted by molar-refractivity contribution is 0.102. The number of hydrogen-bond donors (Lipinski definition) is 1. The molecule has 1 amide bonds. The van der Waals surface area contributed by atoms with Crippen LogP contribution in [0.25, 0.3) is 5.69 Å². The average Bonchev–Trinajstić information content (AvgIpc) is 3.18. The average molecular weight is 548 g/mol. The normalized spacial score (nSPS) is 10.9. The molecule has 0 radical (unpaired) electrons. The predicted octanol–water partition coefficient (Wildman–Crippen LogP) is 5.77. The number of carbonyl (C=O) groups is 1. The molecule has 0 saturated heterocycles. The first-order valence-electron chi connectivity index (χ1n) is 9.72. The first kappa shape index (κ1) is 23.3. The third kappa shape index (κ3) is 5.58. The molecule has 0 atom stereocenters. The number of aromatic nitrogens is 5. The van der Waals surface area contributed by atoms with Gasteiger partial charge in [0.2, 0.25) is 0 Å². The molecule has 7 nitrogen and oxygen atoms in total. The van der Waals surface area contributed by atoms with E-state index >= 15 is 0 Å². The van der Waals surface area contributed by atoms with Gasteiger partial charge in [-0.2, -0.15) is 0 Å². The van der Waals surface area contributed by atoms with E-state index in [2.05, 4.69) is 41.5 Å². The Labute approximate surface area is 206 Å². The second kappa shape index (κ2) is 9.98. The molecule has 0 spiro atoms. The van der Waals surface area contributed by atoms with Crippen molar-refractivity contribution in [3.8, 4) is 5.69 Å². The standard InChI is InChI=1S/C22H17BrClFN6OS/c1-12-9-13(2)27-22(26-12)33-11-19-20(21(32)28-18-8-3-14(23)10-17(18)25)29-30-31(19)16-6-4-15(24)5-7-16/h3-10H,11H2,1-2H3,(H,28,32). The molecule has 0 bridgehead atoms. The molecule has 168 valence electrons. The number of hydrogen-bond acceptors (Lipinski definition) is 6. The number of nitrogens with one attached hydrogen (secondary N) is 1. The summed E-state index contributed by atoms with van der Waals surface area (Å²) in [4.78, 5) is 21.9. The number of halogens is 3. The Bertz CT molecular complexity index is 1310. The minimum absolute atomic E-state index is 0.0421. The van der Waals surface area contributed by atoms with E-state index in [1.54, 1.807) is 35.0 Å². The fourth-order valence-electron chi connectivity index (χ4n) is 3.06. The van der Waals surface area contributed by atoms with Crippen molar-refractivity contribution in [1.82, 2.24) is 25.0 Å². The minimum Gasteiger partial charge on any atom is -0.318 e. The van der Waals surface area contributed by atoms with Crippen LogP contribution in [0.1, 0.15) is 27.6 Å². The molecule has 2 heterocycles. The fourth-order valence-corrected chi connectivity index (χ4v) is 4.46. The third-order valence-corrected chi connectivity index (χ3v) is 6.13. The summed E-state index contributed by atoms with van der Waals surface area (Å²) >= 11 is 10.6. The molecule has 4 aromatic rings. The molecule has 1 N–H and O–H groups in total. The summed E-state index contributed by atoms with van der Waals surface area (Å²) in [6, 6.07) is 13.3. The number of anilines is 1. The van der Waals surface area contributed by atoms with E-state index < -0.39 is 11.7 Å². The molecule has 0 aliphatic rings. The van der Waals surface area contributed by atoms with Gasteiger partial charge in [-0.05, 0) is 62.4 Å². The van der Waals surface area contributed by atoms with Gasteiger partial charge in [0.25, 0.3) is 5.91 Å². The molecule has 0 aliphatic heterocycles. The molecule has 11 heteroatoms. The molecular formula is C22H17BrClFN6OS. The Hall–Kier alpha value is -2.82. The minimum atomic E-state index is -0.576. The molecular weight excluding hydrogens is 531 g/mol. The van der Waals surface area contributed by atoms with Crippen LogP contribution in [0.5, 0.6) is 0 Å². The van der Waals surface area contributed by atoms with Crippen LogP contribution in [-0.2, 0) is 5.75 Å². The number of aryl methyl sites for hydroxylation is 2. The maximum Gasteiger partial charge on any atom is 0.278 e. The zero-order valence-corrected chi connectivity index (χ0v) is 20.7. The molecule has 0 unspecified atom stereocenters. The second-order valence-corrected chi connectivity index (χ2v) is 9.37. The van der Waals surface area contributed by atoms with Crippen molar-refractivity contribution < 1.29 is 9.18 Å². The number of nitrogens with zero attached hydrogens (tertiary/aromatic N) is 5. The van der Waals surface area contributed by atoms with Gasteiger partial charge in [-0.25, -0.2) is 19.0 Å². The van der Waals surface area contributed by atoms with E-state index in [4.69, 9.17) is 11.6 Å². The number of rotatable bonds is 6. The number of benzene rings is 2. The molecule has 33 heavy (non-hydrogen) atoms. The molecule has 2 aromatic carbocycles. The van der Waals surface area contributed by atoms with E-state index in [1.165, 1.54) is 23.9 Å². The zero-order valence-electron chi connectivity index (χ0n) is 17.5. The smallest absolute Gasteiger partial charge is 0.278 e. The summed E-state index contributed by atoms with van der Waals surface area (Å²) < 4.78 is 16.4. The highest BCUT2D eigenvalue weighted by atomic mass is 79.9. The molecule has 0 fully saturated rings. The Balaban J connectivity index is 1.68. The van der Waals surface area contributed by atoms with Gasteiger partial charge < -0.3 is 5.32 Å². The van der Waals surface area contributed by atoms with Crippen molar-refractivity contribution >= 4 is 50.9 Å². The largest absolute Gasteiger partial charge is 0.318 e. The van der Waals surface area contributed by atoms with Gasteiger partial charge in [0.05, 0.1) is 17.1 Å². The van der Waals surface area contributed by atoms with Crippen molar-refractivity contribution in [2.24, 2.45) is 0 Å². The van der Waals surface area contributed by atoms with Crippen molar-refractivity contribution in [3.63, 3.8) is 0 Å². The van der Waals surface area contributed by atoms with Crippen LogP contribution in [0, 0.1) is 19.7 Å². The molecule has 2 aromatic heterocycles. The summed E-state index contributed by atoms with van der Waals surface area (Å²) in [5.74, 6) is -0.833. The third-order valence-electron chi connectivity index (χ3n) is 4.53. The fraction of sp³-hybridized carbons (Fsp3) is 0.136. The lowest BCUT2D eigenvalue weighted by Gasteiger charge is -2.09. The quantitative estimate of drug-likeness (QED) is 0.243. The Morgan fingerprint density at radius 1 is 1.12 bits per heavy atom. The van der Waals surface area contributed by atoms with Gasteiger partial charge >= 0.3 is 0 Å². The topological polar surface area (TPSA) is 85.6 Å². The highest BCUT2D eigenvalue weighted by Crippen LogP contribution is 2.26. The van der Waals surface area contributed by atoms with E-state index in [0.717, 1.165) is 11.4 Å². The van der Waals surface area contributed by atoms with Crippen molar-refractivity contribution in [2.75, 3.05) is 5.32 Å². The summed E-state index contributed by atoms with van der Waals surface area (Å²) in [5, 5.41) is 12.0. The SMILES string of the molecule is Cc1cc(C)nc(SCc2c(C(=O)Nc3ccc(Br)cc3F)nnn2-c2ccc(Cl)cc2)n1. The van der Waals surface area contributed by atoms with E-state index in [1.807, 2.05) is 19.9 Å².